The van der Waals surface area contributed by atoms with Crippen molar-refractivity contribution in [3.05, 3.63) is 45.7 Å². The van der Waals surface area contributed by atoms with Crippen LogP contribution in [0.15, 0.2) is 28.6 Å². The molecule has 26 heavy (non-hydrogen) atoms. The van der Waals surface area contributed by atoms with Crippen molar-refractivity contribution in [1.82, 2.24) is 15.2 Å². The van der Waals surface area contributed by atoms with Gasteiger partial charge in [-0.15, -0.1) is 35.3 Å². The number of aromatic nitrogens is 1. The number of thiazole rings is 1. The first kappa shape index (κ1) is 22.6. The molecule has 0 radical (unpaired) electrons. The number of methoxy groups -OCH3 is 1. The second-order valence-electron chi connectivity index (χ2n) is 6.06. The predicted octanol–water partition coefficient (Wildman–Crippen LogP) is 4.24. The molecule has 144 valence electrons. The molecule has 1 N–H and O–H groups in total. The highest BCUT2D eigenvalue weighted by atomic mass is 127. The first-order valence-corrected chi connectivity index (χ1v) is 9.01. The van der Waals surface area contributed by atoms with Gasteiger partial charge in [-0.05, 0) is 17.7 Å². The molecule has 1 aromatic heterocycles. The van der Waals surface area contributed by atoms with E-state index in [4.69, 9.17) is 4.74 Å². The van der Waals surface area contributed by atoms with Crippen molar-refractivity contribution >= 4 is 41.3 Å². The van der Waals surface area contributed by atoms with E-state index in [-0.39, 0.29) is 35.5 Å². The first-order chi connectivity index (χ1) is 11.9. The topological polar surface area (TPSA) is 49.8 Å². The van der Waals surface area contributed by atoms with Gasteiger partial charge >= 0.3 is 0 Å². The maximum absolute atomic E-state index is 13.8. The molecule has 1 heterocycles. The van der Waals surface area contributed by atoms with Crippen LogP contribution in [0.25, 0.3) is 0 Å². The summed E-state index contributed by atoms with van der Waals surface area (Å²) in [4.78, 5) is 10.8. The van der Waals surface area contributed by atoms with Gasteiger partial charge in [-0.2, -0.15) is 0 Å². The predicted molar refractivity (Wildman–Crippen MR) is 116 cm³/mol. The van der Waals surface area contributed by atoms with Crippen molar-refractivity contribution in [2.45, 2.75) is 32.9 Å². The van der Waals surface area contributed by atoms with Crippen molar-refractivity contribution in [1.29, 1.82) is 0 Å². The summed E-state index contributed by atoms with van der Waals surface area (Å²) >= 11 is 1.67. The Balaban J connectivity index is 0.00000338. The van der Waals surface area contributed by atoms with Crippen LogP contribution in [-0.4, -0.2) is 37.0 Å². The smallest absolute Gasteiger partial charge is 0.194 e. The number of nitrogens with zero attached hydrogens (tertiary/aromatic N) is 3. The van der Waals surface area contributed by atoms with Crippen molar-refractivity contribution in [2.75, 3.05) is 21.2 Å². The number of hydrogen-bond donors (Lipinski definition) is 1. The number of halogens is 2. The van der Waals surface area contributed by atoms with E-state index in [0.717, 1.165) is 22.2 Å². The van der Waals surface area contributed by atoms with Crippen LogP contribution in [-0.2, 0) is 13.1 Å². The van der Waals surface area contributed by atoms with Gasteiger partial charge in [0.05, 0.1) is 24.4 Å². The summed E-state index contributed by atoms with van der Waals surface area (Å²) in [6.07, 6.45) is 0. The number of guanidine groups is 1. The van der Waals surface area contributed by atoms with E-state index in [1.807, 2.05) is 18.0 Å². The summed E-state index contributed by atoms with van der Waals surface area (Å²) in [7, 11) is 5.10. The van der Waals surface area contributed by atoms with Crippen LogP contribution in [0.2, 0.25) is 0 Å². The lowest BCUT2D eigenvalue weighted by Gasteiger charge is -2.22. The molecule has 2 aromatic rings. The normalized spacial score (nSPS) is 11.3. The Morgan fingerprint density at radius 1 is 1.42 bits per heavy atom. The molecule has 5 nitrogen and oxygen atoms in total. The van der Waals surface area contributed by atoms with E-state index in [1.165, 1.54) is 13.2 Å². The van der Waals surface area contributed by atoms with Gasteiger partial charge in [-0.25, -0.2) is 9.37 Å². The highest BCUT2D eigenvalue weighted by molar-refractivity contribution is 14.0. The molecule has 2 rings (SSSR count). The number of hydrogen-bond acceptors (Lipinski definition) is 4. The van der Waals surface area contributed by atoms with Gasteiger partial charge in [0.25, 0.3) is 0 Å². The van der Waals surface area contributed by atoms with Crippen molar-refractivity contribution in [3.63, 3.8) is 0 Å². The maximum Gasteiger partial charge on any atom is 0.194 e. The van der Waals surface area contributed by atoms with Gasteiger partial charge in [0.15, 0.2) is 17.5 Å². The van der Waals surface area contributed by atoms with Gasteiger partial charge in [0.1, 0.15) is 0 Å². The number of benzene rings is 1. The third-order valence-electron chi connectivity index (χ3n) is 3.70. The number of aliphatic imine (C=N–C) groups is 1. The van der Waals surface area contributed by atoms with Crippen LogP contribution in [0.3, 0.4) is 0 Å². The van der Waals surface area contributed by atoms with Gasteiger partial charge in [-0.1, -0.05) is 19.9 Å². The Labute approximate surface area is 175 Å². The highest BCUT2D eigenvalue weighted by Crippen LogP contribution is 2.20. The van der Waals surface area contributed by atoms with E-state index >= 15 is 0 Å². The standard InChI is InChI=1S/C18H25FN4OS.HI/c1-12(2)17-22-14(11-25-17)9-21-18(20-3)23(4)10-13-6-7-16(24-5)15(19)8-13;/h6-8,11-12H,9-10H2,1-5H3,(H,20,21);1H. The minimum Gasteiger partial charge on any atom is -0.494 e. The lowest BCUT2D eigenvalue weighted by atomic mass is 10.2. The largest absolute Gasteiger partial charge is 0.494 e. The Hall–Kier alpha value is -1.42. The van der Waals surface area contributed by atoms with Crippen molar-refractivity contribution < 1.29 is 9.13 Å². The fourth-order valence-electron chi connectivity index (χ4n) is 2.38. The molecule has 0 atom stereocenters. The Bertz CT molecular complexity index is 736. The molecule has 0 bridgehead atoms. The fraction of sp³-hybridized carbons (Fsp3) is 0.444. The molecular formula is C18H26FIN4OS. The van der Waals surface area contributed by atoms with Crippen molar-refractivity contribution in [2.24, 2.45) is 4.99 Å². The summed E-state index contributed by atoms with van der Waals surface area (Å²) in [6.45, 7) is 5.42. The summed E-state index contributed by atoms with van der Waals surface area (Å²) in [5, 5.41) is 6.49. The van der Waals surface area contributed by atoms with E-state index in [1.54, 1.807) is 24.5 Å². The summed E-state index contributed by atoms with van der Waals surface area (Å²) in [5.74, 6) is 1.06. The molecule has 0 spiro atoms. The summed E-state index contributed by atoms with van der Waals surface area (Å²) in [5.41, 5.74) is 1.85. The van der Waals surface area contributed by atoms with Crippen LogP contribution in [0, 0.1) is 5.82 Å². The van der Waals surface area contributed by atoms with Gasteiger partial charge in [0.2, 0.25) is 0 Å². The van der Waals surface area contributed by atoms with Crippen LogP contribution in [0.1, 0.15) is 36.0 Å². The molecule has 1 aromatic carbocycles. The zero-order valence-corrected chi connectivity index (χ0v) is 18.9. The third-order valence-corrected chi connectivity index (χ3v) is 4.89. The zero-order chi connectivity index (χ0) is 18.4. The minimum atomic E-state index is -0.361. The van der Waals surface area contributed by atoms with Gasteiger partial charge < -0.3 is 15.0 Å². The average Bonchev–Trinajstić information content (AvgIpc) is 3.05. The molecule has 0 aliphatic rings. The number of rotatable bonds is 6. The second-order valence-corrected chi connectivity index (χ2v) is 6.95. The average molecular weight is 492 g/mol. The van der Waals surface area contributed by atoms with Gasteiger partial charge in [-0.3, -0.25) is 4.99 Å². The van der Waals surface area contributed by atoms with E-state index in [2.05, 4.69) is 34.5 Å². The van der Waals surface area contributed by atoms with Crippen LogP contribution >= 0.6 is 35.3 Å². The van der Waals surface area contributed by atoms with Gasteiger partial charge in [0, 0.05) is 31.9 Å². The minimum absolute atomic E-state index is 0. The number of ether oxygens (including phenoxy) is 1. The lowest BCUT2D eigenvalue weighted by Crippen LogP contribution is -2.38. The Morgan fingerprint density at radius 3 is 2.69 bits per heavy atom. The molecular weight excluding hydrogens is 466 g/mol. The first-order valence-electron chi connectivity index (χ1n) is 8.13. The van der Waals surface area contributed by atoms with E-state index < -0.39 is 0 Å². The third kappa shape index (κ3) is 6.08. The maximum atomic E-state index is 13.8. The van der Waals surface area contributed by atoms with Crippen LogP contribution in [0.4, 0.5) is 4.39 Å². The van der Waals surface area contributed by atoms with Crippen LogP contribution < -0.4 is 10.1 Å². The molecule has 0 saturated heterocycles. The van der Waals surface area contributed by atoms with E-state index in [9.17, 15) is 4.39 Å². The molecule has 0 fully saturated rings. The molecule has 0 saturated carbocycles. The molecule has 0 amide bonds. The monoisotopic (exact) mass is 492 g/mol. The Kier molecular flexibility index (Phi) is 9.28. The SMILES string of the molecule is CN=C(NCc1csc(C(C)C)n1)N(C)Cc1ccc(OC)c(F)c1.I. The molecule has 0 unspecified atom stereocenters. The quantitative estimate of drug-likeness (QED) is 0.373. The molecule has 0 aliphatic heterocycles. The second kappa shape index (κ2) is 10.7. The van der Waals surface area contributed by atoms with Crippen molar-refractivity contribution in [3.8, 4) is 5.75 Å². The fourth-order valence-corrected chi connectivity index (χ4v) is 3.22. The molecule has 0 aliphatic carbocycles. The zero-order valence-electron chi connectivity index (χ0n) is 15.7. The highest BCUT2D eigenvalue weighted by Gasteiger charge is 2.11. The number of nitrogens with one attached hydrogen (secondary N) is 1. The summed E-state index contributed by atoms with van der Waals surface area (Å²) in [6, 6.07) is 4.97. The Morgan fingerprint density at radius 2 is 2.15 bits per heavy atom. The summed E-state index contributed by atoms with van der Waals surface area (Å²) < 4.78 is 18.8. The lowest BCUT2D eigenvalue weighted by molar-refractivity contribution is 0.385. The molecule has 8 heteroatoms. The van der Waals surface area contributed by atoms with Crippen LogP contribution in [0.5, 0.6) is 5.75 Å². The van der Waals surface area contributed by atoms with E-state index in [0.29, 0.717) is 19.0 Å².